The summed E-state index contributed by atoms with van der Waals surface area (Å²) in [6, 6.07) is 12.7. The highest BCUT2D eigenvalue weighted by molar-refractivity contribution is 5.87. The van der Waals surface area contributed by atoms with Crippen molar-refractivity contribution in [1.29, 1.82) is 0 Å². The number of hydrogen-bond donors (Lipinski definition) is 1. The first-order chi connectivity index (χ1) is 10.3. The number of fused-ring (bicyclic) bond motifs is 1. The van der Waals surface area contributed by atoms with Gasteiger partial charge in [-0.25, -0.2) is 0 Å². The van der Waals surface area contributed by atoms with Gasteiger partial charge in [-0.3, -0.25) is 0 Å². The van der Waals surface area contributed by atoms with Crippen LogP contribution in [0.15, 0.2) is 36.4 Å². The lowest BCUT2D eigenvalue weighted by Crippen LogP contribution is -2.22. The summed E-state index contributed by atoms with van der Waals surface area (Å²) in [6.07, 6.45) is 2.55. The van der Waals surface area contributed by atoms with E-state index < -0.39 is 0 Å². The van der Waals surface area contributed by atoms with Gasteiger partial charge in [0, 0.05) is 18.0 Å². The minimum atomic E-state index is 0.161. The van der Waals surface area contributed by atoms with E-state index in [1.165, 1.54) is 16.3 Å². The van der Waals surface area contributed by atoms with Crippen molar-refractivity contribution < 1.29 is 4.74 Å². The van der Waals surface area contributed by atoms with Gasteiger partial charge >= 0.3 is 0 Å². The average molecular weight is 281 g/mol. The van der Waals surface area contributed by atoms with Crippen molar-refractivity contribution in [2.24, 2.45) is 5.73 Å². The van der Waals surface area contributed by atoms with Crippen LogP contribution in [0.25, 0.3) is 10.8 Å². The molecule has 0 spiro atoms. The standard InChI is InChI=1S/C19H23NO/c1-3-5-8-13-21-19-12-11-15-9-6-7-10-17(15)18(19)14-16(20)4-2/h6-7,9-12,16H,4,8,13-14,20H2,1-2H3. The molecule has 2 nitrogen and oxygen atoms in total. The van der Waals surface area contributed by atoms with Crippen molar-refractivity contribution >= 4 is 10.8 Å². The van der Waals surface area contributed by atoms with Crippen LogP contribution in [-0.4, -0.2) is 12.6 Å². The van der Waals surface area contributed by atoms with E-state index in [-0.39, 0.29) is 6.04 Å². The van der Waals surface area contributed by atoms with Crippen LogP contribution in [0.1, 0.15) is 32.3 Å². The van der Waals surface area contributed by atoms with E-state index >= 15 is 0 Å². The third-order valence-corrected chi connectivity index (χ3v) is 3.65. The van der Waals surface area contributed by atoms with Crippen molar-refractivity contribution in [2.75, 3.05) is 6.61 Å². The fourth-order valence-electron chi connectivity index (χ4n) is 2.41. The summed E-state index contributed by atoms with van der Waals surface area (Å²) in [5.74, 6) is 6.86. The quantitative estimate of drug-likeness (QED) is 0.643. The Morgan fingerprint density at radius 2 is 2.00 bits per heavy atom. The summed E-state index contributed by atoms with van der Waals surface area (Å²) in [5, 5.41) is 2.47. The lowest BCUT2D eigenvalue weighted by molar-refractivity contribution is 0.323. The van der Waals surface area contributed by atoms with Crippen molar-refractivity contribution in [3.63, 3.8) is 0 Å². The zero-order valence-electron chi connectivity index (χ0n) is 12.9. The largest absolute Gasteiger partial charge is 0.492 e. The molecule has 0 saturated heterocycles. The van der Waals surface area contributed by atoms with Crippen molar-refractivity contribution in [2.45, 2.75) is 39.2 Å². The van der Waals surface area contributed by atoms with Gasteiger partial charge in [-0.15, -0.1) is 11.8 Å². The number of hydrogen-bond acceptors (Lipinski definition) is 2. The highest BCUT2D eigenvalue weighted by atomic mass is 16.5. The molecule has 0 bridgehead atoms. The highest BCUT2D eigenvalue weighted by Gasteiger charge is 2.12. The lowest BCUT2D eigenvalue weighted by atomic mass is 9.97. The van der Waals surface area contributed by atoms with Crippen LogP contribution in [0, 0.1) is 11.8 Å². The van der Waals surface area contributed by atoms with Gasteiger partial charge in [0.2, 0.25) is 0 Å². The Morgan fingerprint density at radius 1 is 1.19 bits per heavy atom. The van der Waals surface area contributed by atoms with E-state index in [4.69, 9.17) is 10.5 Å². The monoisotopic (exact) mass is 281 g/mol. The Morgan fingerprint density at radius 3 is 2.76 bits per heavy atom. The van der Waals surface area contributed by atoms with Crippen LogP contribution >= 0.6 is 0 Å². The maximum atomic E-state index is 6.16. The molecule has 1 unspecified atom stereocenters. The molecule has 0 radical (unpaired) electrons. The van der Waals surface area contributed by atoms with Gasteiger partial charge in [0.15, 0.2) is 0 Å². The van der Waals surface area contributed by atoms with Gasteiger partial charge in [0.25, 0.3) is 0 Å². The maximum Gasteiger partial charge on any atom is 0.123 e. The van der Waals surface area contributed by atoms with Crippen molar-refractivity contribution in [3.8, 4) is 17.6 Å². The second-order valence-electron chi connectivity index (χ2n) is 5.16. The normalized spacial score (nSPS) is 11.8. The second-order valence-corrected chi connectivity index (χ2v) is 5.16. The first-order valence-electron chi connectivity index (χ1n) is 7.54. The summed E-state index contributed by atoms with van der Waals surface area (Å²) in [5.41, 5.74) is 7.38. The summed E-state index contributed by atoms with van der Waals surface area (Å²) in [6.45, 7) is 4.59. The van der Waals surface area contributed by atoms with Crippen LogP contribution in [0.2, 0.25) is 0 Å². The molecule has 0 heterocycles. The van der Waals surface area contributed by atoms with Crippen LogP contribution in [0.4, 0.5) is 0 Å². The summed E-state index contributed by atoms with van der Waals surface area (Å²) in [4.78, 5) is 0. The number of rotatable bonds is 6. The molecular weight excluding hydrogens is 258 g/mol. The van der Waals surface area contributed by atoms with Crippen molar-refractivity contribution in [1.82, 2.24) is 0 Å². The van der Waals surface area contributed by atoms with Crippen LogP contribution in [-0.2, 0) is 6.42 Å². The Bertz CT molecular complexity index is 651. The number of ether oxygens (including phenoxy) is 1. The van der Waals surface area contributed by atoms with Crippen LogP contribution in [0.3, 0.4) is 0 Å². The molecule has 0 aromatic heterocycles. The SMILES string of the molecule is CC#CCCOc1ccc2ccccc2c1CC(N)CC. The lowest BCUT2D eigenvalue weighted by Gasteiger charge is -2.16. The predicted octanol–water partition coefficient (Wildman–Crippen LogP) is 3.91. The van der Waals surface area contributed by atoms with Gasteiger partial charge in [-0.05, 0) is 36.6 Å². The number of nitrogens with two attached hydrogens (primary N) is 1. The van der Waals surface area contributed by atoms with E-state index in [1.54, 1.807) is 0 Å². The minimum Gasteiger partial charge on any atom is -0.492 e. The molecule has 2 aromatic carbocycles. The molecule has 0 aliphatic heterocycles. The Balaban J connectivity index is 2.32. The first kappa shape index (κ1) is 15.4. The second kappa shape index (κ2) is 7.71. The summed E-state index contributed by atoms with van der Waals surface area (Å²) >= 11 is 0. The fourth-order valence-corrected chi connectivity index (χ4v) is 2.41. The molecule has 0 saturated carbocycles. The Kier molecular flexibility index (Phi) is 5.66. The third kappa shape index (κ3) is 4.00. The molecule has 0 aliphatic rings. The van der Waals surface area contributed by atoms with Crippen LogP contribution in [0.5, 0.6) is 5.75 Å². The predicted molar refractivity (Wildman–Crippen MR) is 89.5 cm³/mol. The Labute approximate surface area is 127 Å². The molecule has 2 heteroatoms. The van der Waals surface area contributed by atoms with Gasteiger partial charge in [0.05, 0.1) is 6.61 Å². The van der Waals surface area contributed by atoms with E-state index in [9.17, 15) is 0 Å². The summed E-state index contributed by atoms with van der Waals surface area (Å²) in [7, 11) is 0. The minimum absolute atomic E-state index is 0.161. The fraction of sp³-hybridized carbons (Fsp3) is 0.368. The molecule has 2 rings (SSSR count). The molecule has 0 amide bonds. The average Bonchev–Trinajstić information content (AvgIpc) is 2.53. The number of benzene rings is 2. The van der Waals surface area contributed by atoms with E-state index in [2.05, 4.69) is 55.2 Å². The Hall–Kier alpha value is -1.98. The van der Waals surface area contributed by atoms with Crippen molar-refractivity contribution in [3.05, 3.63) is 42.0 Å². The zero-order valence-corrected chi connectivity index (χ0v) is 12.9. The topological polar surface area (TPSA) is 35.2 Å². The highest BCUT2D eigenvalue weighted by Crippen LogP contribution is 2.29. The van der Waals surface area contributed by atoms with E-state index in [0.29, 0.717) is 6.61 Å². The van der Waals surface area contributed by atoms with Gasteiger partial charge in [-0.1, -0.05) is 37.3 Å². The van der Waals surface area contributed by atoms with Crippen LogP contribution < -0.4 is 10.5 Å². The van der Waals surface area contributed by atoms with E-state index in [0.717, 1.165) is 25.0 Å². The molecule has 110 valence electrons. The first-order valence-corrected chi connectivity index (χ1v) is 7.54. The van der Waals surface area contributed by atoms with Gasteiger partial charge < -0.3 is 10.5 Å². The summed E-state index contributed by atoms with van der Waals surface area (Å²) < 4.78 is 5.93. The molecule has 0 aliphatic carbocycles. The molecule has 2 aromatic rings. The molecular formula is C19H23NO. The molecule has 2 N–H and O–H groups in total. The molecule has 1 atom stereocenters. The zero-order chi connectivity index (χ0) is 15.1. The maximum absolute atomic E-state index is 6.16. The smallest absolute Gasteiger partial charge is 0.123 e. The van der Waals surface area contributed by atoms with E-state index in [1.807, 2.05) is 6.92 Å². The molecule has 0 fully saturated rings. The van der Waals surface area contributed by atoms with Gasteiger partial charge in [-0.2, -0.15) is 0 Å². The third-order valence-electron chi connectivity index (χ3n) is 3.65. The van der Waals surface area contributed by atoms with Gasteiger partial charge in [0.1, 0.15) is 5.75 Å². The molecule has 21 heavy (non-hydrogen) atoms.